The number of nitrogens with zero attached hydrogens (tertiary/aromatic N) is 4. The predicted molar refractivity (Wildman–Crippen MR) is 116 cm³/mol. The molecule has 1 saturated heterocycles. The highest BCUT2D eigenvalue weighted by molar-refractivity contribution is 8.01. The third-order valence-corrected chi connectivity index (χ3v) is 7.56. The van der Waals surface area contributed by atoms with Crippen LogP contribution < -0.4 is 15.0 Å². The largest absolute Gasteiger partial charge is 0.497 e. The number of nitrogens with one attached hydrogen (secondary N) is 1. The van der Waals surface area contributed by atoms with Gasteiger partial charge in [0, 0.05) is 19.0 Å². The number of hydrogen-bond acceptors (Lipinski definition) is 9. The van der Waals surface area contributed by atoms with E-state index in [9.17, 15) is 4.79 Å². The molecule has 7 nitrogen and oxygen atoms in total. The molecule has 1 aliphatic heterocycles. The highest BCUT2D eigenvalue weighted by atomic mass is 32.2. The molecule has 0 saturated carbocycles. The van der Waals surface area contributed by atoms with Crippen LogP contribution in [0.2, 0.25) is 0 Å². The molecule has 0 atom stereocenters. The molecule has 1 fully saturated rings. The standard InChI is InChI=1S/C18H21N5O2S3/c1-3-26-18-22-21-16(28-18)20-15(24)11-6-8-23(9-7-11)17-19-13-5-4-12(25-2)10-14(13)27-17/h4-5,10-11H,3,6-9H2,1-2H3,(H,20,21,24). The van der Waals surface area contributed by atoms with E-state index in [4.69, 9.17) is 9.72 Å². The number of fused-ring (bicyclic) bond motifs is 1. The van der Waals surface area contributed by atoms with Gasteiger partial charge in [0.1, 0.15) is 5.75 Å². The van der Waals surface area contributed by atoms with Gasteiger partial charge in [-0.15, -0.1) is 10.2 Å². The summed E-state index contributed by atoms with van der Waals surface area (Å²) >= 11 is 4.73. The van der Waals surface area contributed by atoms with Gasteiger partial charge in [-0.25, -0.2) is 4.98 Å². The lowest BCUT2D eigenvalue weighted by atomic mass is 9.96. The number of carbonyl (C=O) groups excluding carboxylic acids is 1. The second-order valence-electron chi connectivity index (χ2n) is 6.39. The maximum absolute atomic E-state index is 12.6. The van der Waals surface area contributed by atoms with Crippen LogP contribution in [0.5, 0.6) is 5.75 Å². The number of thiazole rings is 1. The van der Waals surface area contributed by atoms with E-state index in [2.05, 4.69) is 27.3 Å². The minimum atomic E-state index is -0.00287. The van der Waals surface area contributed by atoms with Crippen molar-refractivity contribution in [2.45, 2.75) is 24.1 Å². The quantitative estimate of drug-likeness (QED) is 0.461. The van der Waals surface area contributed by atoms with Crippen molar-refractivity contribution in [1.29, 1.82) is 0 Å². The molecule has 148 valence electrons. The Bertz CT molecular complexity index is 965. The van der Waals surface area contributed by atoms with E-state index in [1.165, 1.54) is 11.3 Å². The predicted octanol–water partition coefficient (Wildman–Crippen LogP) is 4.12. The molecule has 0 unspecified atom stereocenters. The monoisotopic (exact) mass is 435 g/mol. The van der Waals surface area contributed by atoms with Crippen LogP contribution in [0, 0.1) is 5.92 Å². The van der Waals surface area contributed by atoms with Crippen molar-refractivity contribution in [3.8, 4) is 5.75 Å². The van der Waals surface area contributed by atoms with E-state index in [0.717, 1.165) is 57.1 Å². The fourth-order valence-corrected chi connectivity index (χ4v) is 5.84. The van der Waals surface area contributed by atoms with E-state index >= 15 is 0 Å². The van der Waals surface area contributed by atoms with Crippen LogP contribution >= 0.6 is 34.4 Å². The molecule has 10 heteroatoms. The van der Waals surface area contributed by atoms with Crippen molar-refractivity contribution in [2.24, 2.45) is 5.92 Å². The Morgan fingerprint density at radius 3 is 2.89 bits per heavy atom. The number of piperidine rings is 1. The highest BCUT2D eigenvalue weighted by Crippen LogP contribution is 2.34. The van der Waals surface area contributed by atoms with Gasteiger partial charge in [-0.05, 0) is 36.8 Å². The van der Waals surface area contributed by atoms with Gasteiger partial charge in [0.25, 0.3) is 0 Å². The number of thioether (sulfide) groups is 1. The second-order valence-corrected chi connectivity index (χ2v) is 9.88. The lowest BCUT2D eigenvalue weighted by molar-refractivity contribution is -0.120. The van der Waals surface area contributed by atoms with Gasteiger partial charge in [0.2, 0.25) is 11.0 Å². The summed E-state index contributed by atoms with van der Waals surface area (Å²) in [5.41, 5.74) is 0.984. The van der Waals surface area contributed by atoms with Crippen molar-refractivity contribution >= 4 is 60.8 Å². The first-order chi connectivity index (χ1) is 13.7. The van der Waals surface area contributed by atoms with E-state index in [0.29, 0.717) is 5.13 Å². The number of ether oxygens (including phenoxy) is 1. The summed E-state index contributed by atoms with van der Waals surface area (Å²) in [7, 11) is 1.67. The molecule has 3 aromatic rings. The molecule has 1 amide bonds. The van der Waals surface area contributed by atoms with Crippen LogP contribution in [0.25, 0.3) is 10.2 Å². The molecule has 0 bridgehead atoms. The van der Waals surface area contributed by atoms with Crippen molar-refractivity contribution in [3.05, 3.63) is 18.2 Å². The summed E-state index contributed by atoms with van der Waals surface area (Å²) < 4.78 is 7.30. The SMILES string of the molecule is CCSc1nnc(NC(=O)C2CCN(c3nc4ccc(OC)cc4s3)CC2)s1. The van der Waals surface area contributed by atoms with Crippen molar-refractivity contribution in [2.75, 3.05) is 36.2 Å². The molecule has 2 aromatic heterocycles. The Balaban J connectivity index is 1.35. The first-order valence-electron chi connectivity index (χ1n) is 9.13. The molecule has 4 rings (SSSR count). The molecule has 3 heterocycles. The summed E-state index contributed by atoms with van der Waals surface area (Å²) in [5, 5.41) is 12.7. The first-order valence-corrected chi connectivity index (χ1v) is 11.7. The number of benzene rings is 1. The Labute approximate surface area is 175 Å². The van der Waals surface area contributed by atoms with Gasteiger partial charge in [-0.3, -0.25) is 4.79 Å². The Hall–Kier alpha value is -1.91. The van der Waals surface area contributed by atoms with Crippen LogP contribution in [0.3, 0.4) is 0 Å². The maximum atomic E-state index is 12.6. The first kappa shape index (κ1) is 19.4. The van der Waals surface area contributed by atoms with Crippen LogP contribution in [-0.2, 0) is 4.79 Å². The summed E-state index contributed by atoms with van der Waals surface area (Å²) in [4.78, 5) is 19.6. The molecule has 0 radical (unpaired) electrons. The second kappa shape index (κ2) is 8.62. The maximum Gasteiger partial charge on any atom is 0.229 e. The van der Waals surface area contributed by atoms with E-state index < -0.39 is 0 Å². The zero-order chi connectivity index (χ0) is 19.5. The Kier molecular flexibility index (Phi) is 5.98. The number of aromatic nitrogens is 3. The van der Waals surface area contributed by atoms with Gasteiger partial charge >= 0.3 is 0 Å². The average Bonchev–Trinajstić information content (AvgIpc) is 3.34. The number of hydrogen-bond donors (Lipinski definition) is 1. The lowest BCUT2D eigenvalue weighted by Gasteiger charge is -2.30. The van der Waals surface area contributed by atoms with Crippen LogP contribution in [0.4, 0.5) is 10.3 Å². The topological polar surface area (TPSA) is 80.2 Å². The lowest BCUT2D eigenvalue weighted by Crippen LogP contribution is -2.38. The van der Waals surface area contributed by atoms with Gasteiger partial charge in [-0.1, -0.05) is 41.4 Å². The van der Waals surface area contributed by atoms with E-state index in [1.54, 1.807) is 30.2 Å². The van der Waals surface area contributed by atoms with E-state index in [-0.39, 0.29) is 11.8 Å². The minimum Gasteiger partial charge on any atom is -0.497 e. The van der Waals surface area contributed by atoms with Crippen LogP contribution in [0.1, 0.15) is 19.8 Å². The number of carbonyl (C=O) groups is 1. The molecule has 0 aliphatic carbocycles. The van der Waals surface area contributed by atoms with Crippen molar-refractivity contribution < 1.29 is 9.53 Å². The zero-order valence-corrected chi connectivity index (χ0v) is 18.1. The van der Waals surface area contributed by atoms with Gasteiger partial charge in [-0.2, -0.15) is 0 Å². The van der Waals surface area contributed by atoms with Crippen molar-refractivity contribution in [3.63, 3.8) is 0 Å². The average molecular weight is 436 g/mol. The molecular weight excluding hydrogens is 414 g/mol. The normalized spacial score (nSPS) is 15.1. The third kappa shape index (κ3) is 4.23. The summed E-state index contributed by atoms with van der Waals surface area (Å²) in [5.74, 6) is 1.82. The number of anilines is 2. The summed E-state index contributed by atoms with van der Waals surface area (Å²) in [6.07, 6.45) is 1.61. The van der Waals surface area contributed by atoms with Crippen molar-refractivity contribution in [1.82, 2.24) is 15.2 Å². The number of rotatable bonds is 6. The molecule has 1 aliphatic rings. The van der Waals surface area contributed by atoms with Crippen LogP contribution in [-0.4, -0.2) is 47.0 Å². The molecule has 1 N–H and O–H groups in total. The van der Waals surface area contributed by atoms with E-state index in [1.807, 2.05) is 18.2 Å². The fourth-order valence-electron chi connectivity index (χ4n) is 3.14. The molecule has 1 aromatic carbocycles. The Morgan fingerprint density at radius 1 is 1.32 bits per heavy atom. The minimum absolute atomic E-state index is 0.00287. The third-order valence-electron chi connectivity index (χ3n) is 4.62. The van der Waals surface area contributed by atoms with Gasteiger partial charge in [0.05, 0.1) is 17.3 Å². The smallest absolute Gasteiger partial charge is 0.229 e. The van der Waals surface area contributed by atoms with Gasteiger partial charge in [0.15, 0.2) is 9.47 Å². The summed E-state index contributed by atoms with van der Waals surface area (Å²) in [6.45, 7) is 3.71. The highest BCUT2D eigenvalue weighted by Gasteiger charge is 2.27. The fraction of sp³-hybridized carbons (Fsp3) is 0.444. The molecule has 28 heavy (non-hydrogen) atoms. The van der Waals surface area contributed by atoms with Gasteiger partial charge < -0.3 is 15.0 Å². The number of amides is 1. The molecular formula is C18H21N5O2S3. The zero-order valence-electron chi connectivity index (χ0n) is 15.7. The Morgan fingerprint density at radius 2 is 2.14 bits per heavy atom. The molecule has 0 spiro atoms. The van der Waals surface area contributed by atoms with Crippen LogP contribution in [0.15, 0.2) is 22.5 Å². The number of methoxy groups -OCH3 is 1. The summed E-state index contributed by atoms with van der Waals surface area (Å²) in [6, 6.07) is 5.94.